The van der Waals surface area contributed by atoms with E-state index >= 15 is 0 Å². The number of rotatable bonds is 3. The van der Waals surface area contributed by atoms with Gasteiger partial charge in [-0.05, 0) is 37.0 Å². The molecule has 1 saturated carbocycles. The maximum absolute atomic E-state index is 12.6. The van der Waals surface area contributed by atoms with E-state index in [0.717, 1.165) is 19.3 Å². The predicted molar refractivity (Wildman–Crippen MR) is 79.3 cm³/mol. The van der Waals surface area contributed by atoms with Gasteiger partial charge in [0.05, 0.1) is 6.54 Å². The summed E-state index contributed by atoms with van der Waals surface area (Å²) in [5.74, 6) is 1.10. The summed E-state index contributed by atoms with van der Waals surface area (Å²) in [6, 6.07) is 0. The van der Waals surface area contributed by atoms with Crippen LogP contribution in [0.5, 0.6) is 0 Å². The summed E-state index contributed by atoms with van der Waals surface area (Å²) in [4.78, 5) is 25.5. The third-order valence-corrected chi connectivity index (χ3v) is 4.93. The molecular weight excluding hydrogens is 266 g/mol. The van der Waals surface area contributed by atoms with Crippen molar-refractivity contribution in [1.29, 1.82) is 0 Å². The Kier molecular flexibility index (Phi) is 3.95. The third-order valence-electron chi connectivity index (χ3n) is 4.93. The van der Waals surface area contributed by atoms with Crippen LogP contribution in [0.3, 0.4) is 0 Å². The average molecular weight is 287 g/mol. The number of carbonyl (C=O) groups excluding carboxylic acids is 2. The van der Waals surface area contributed by atoms with Crippen molar-refractivity contribution in [3.8, 4) is 0 Å². The number of carbonyl (C=O) groups is 2. The van der Waals surface area contributed by atoms with Crippen LogP contribution in [0.25, 0.3) is 0 Å². The van der Waals surface area contributed by atoms with Gasteiger partial charge in [0, 0.05) is 5.92 Å². The minimum absolute atomic E-state index is 0.0507. The molecule has 112 valence electrons. The zero-order valence-corrected chi connectivity index (χ0v) is 12.1. The van der Waals surface area contributed by atoms with E-state index in [4.69, 9.17) is 4.74 Å². The summed E-state index contributed by atoms with van der Waals surface area (Å²) in [5.41, 5.74) is 0. The van der Waals surface area contributed by atoms with Crippen molar-refractivity contribution in [2.75, 3.05) is 13.2 Å². The van der Waals surface area contributed by atoms with Gasteiger partial charge in [0.1, 0.15) is 6.61 Å². The van der Waals surface area contributed by atoms with Gasteiger partial charge in [-0.15, -0.1) is 0 Å². The topological polar surface area (TPSA) is 46.6 Å². The highest BCUT2D eigenvalue weighted by Crippen LogP contribution is 2.47. The highest BCUT2D eigenvalue weighted by Gasteiger charge is 2.45. The van der Waals surface area contributed by atoms with Crippen LogP contribution in [0, 0.1) is 23.7 Å². The molecule has 0 unspecified atom stereocenters. The van der Waals surface area contributed by atoms with E-state index in [2.05, 4.69) is 24.8 Å². The van der Waals surface area contributed by atoms with Crippen LogP contribution >= 0.6 is 0 Å². The van der Waals surface area contributed by atoms with E-state index < -0.39 is 6.09 Å². The monoisotopic (exact) mass is 287 g/mol. The smallest absolute Gasteiger partial charge is 0.416 e. The number of ether oxygens (including phenoxy) is 1. The summed E-state index contributed by atoms with van der Waals surface area (Å²) >= 11 is 0. The van der Waals surface area contributed by atoms with Gasteiger partial charge in [0.25, 0.3) is 0 Å². The standard InChI is InChI=1S/C17H21NO3/c1-2-3-5-12-8-9-14-13(12)6-4-7-15(14)16(19)18-10-11-21-17(18)20/h2-6,12-15H,1,7-11H2/b5-3+/t12-,13+,14+,15+/m0/s1. The molecule has 1 aliphatic heterocycles. The molecule has 3 aliphatic rings. The first kappa shape index (κ1) is 14.1. The van der Waals surface area contributed by atoms with Gasteiger partial charge in [-0.25, -0.2) is 9.69 Å². The molecule has 4 nitrogen and oxygen atoms in total. The molecule has 0 radical (unpaired) electrons. The fourth-order valence-corrected chi connectivity index (χ4v) is 3.92. The Morgan fingerprint density at radius 2 is 2.29 bits per heavy atom. The molecule has 0 spiro atoms. The Hall–Kier alpha value is -1.84. The molecule has 2 fully saturated rings. The Balaban J connectivity index is 1.75. The predicted octanol–water partition coefficient (Wildman–Crippen LogP) is 2.93. The first-order valence-corrected chi connectivity index (χ1v) is 7.66. The molecule has 2 aliphatic carbocycles. The lowest BCUT2D eigenvalue weighted by Gasteiger charge is -2.32. The molecule has 3 rings (SSSR count). The van der Waals surface area contributed by atoms with E-state index in [0.29, 0.717) is 30.9 Å². The molecule has 0 aromatic carbocycles. The van der Waals surface area contributed by atoms with Crippen LogP contribution in [-0.2, 0) is 9.53 Å². The highest BCUT2D eigenvalue weighted by molar-refractivity contribution is 5.94. The molecule has 0 bridgehead atoms. The Labute approximate surface area is 125 Å². The van der Waals surface area contributed by atoms with Crippen molar-refractivity contribution in [3.05, 3.63) is 37.0 Å². The molecular formula is C17H21NO3. The summed E-state index contributed by atoms with van der Waals surface area (Å²) in [7, 11) is 0. The molecule has 0 aromatic heterocycles. The number of cyclic esters (lactones) is 1. The van der Waals surface area contributed by atoms with Crippen LogP contribution in [-0.4, -0.2) is 30.1 Å². The third kappa shape index (κ3) is 2.55. The lowest BCUT2D eigenvalue weighted by atomic mass is 9.75. The number of allylic oxidation sites excluding steroid dienone is 5. The second-order valence-electron chi connectivity index (χ2n) is 5.98. The van der Waals surface area contributed by atoms with Crippen LogP contribution in [0.15, 0.2) is 37.0 Å². The van der Waals surface area contributed by atoms with Crippen LogP contribution in [0.4, 0.5) is 4.79 Å². The van der Waals surface area contributed by atoms with Crippen molar-refractivity contribution < 1.29 is 14.3 Å². The zero-order valence-electron chi connectivity index (χ0n) is 12.1. The molecule has 0 aromatic rings. The average Bonchev–Trinajstić information content (AvgIpc) is 3.10. The van der Waals surface area contributed by atoms with Crippen LogP contribution < -0.4 is 0 Å². The minimum atomic E-state index is -0.479. The van der Waals surface area contributed by atoms with Crippen LogP contribution in [0.2, 0.25) is 0 Å². The minimum Gasteiger partial charge on any atom is -0.447 e. The number of hydrogen-bond donors (Lipinski definition) is 0. The summed E-state index contributed by atoms with van der Waals surface area (Å²) in [5, 5.41) is 0. The Morgan fingerprint density at radius 1 is 1.43 bits per heavy atom. The largest absolute Gasteiger partial charge is 0.447 e. The summed E-state index contributed by atoms with van der Waals surface area (Å²) in [6.07, 6.45) is 12.7. The lowest BCUT2D eigenvalue weighted by molar-refractivity contribution is -0.134. The van der Waals surface area contributed by atoms with E-state index in [1.165, 1.54) is 4.90 Å². The Morgan fingerprint density at radius 3 is 3.00 bits per heavy atom. The van der Waals surface area contributed by atoms with E-state index in [1.54, 1.807) is 6.08 Å². The van der Waals surface area contributed by atoms with Gasteiger partial charge in [-0.3, -0.25) is 4.79 Å². The summed E-state index contributed by atoms with van der Waals surface area (Å²) < 4.78 is 4.89. The van der Waals surface area contributed by atoms with E-state index in [1.807, 2.05) is 6.08 Å². The first-order valence-electron chi connectivity index (χ1n) is 7.66. The molecule has 4 atom stereocenters. The fraction of sp³-hybridized carbons (Fsp3) is 0.529. The maximum atomic E-state index is 12.6. The molecule has 21 heavy (non-hydrogen) atoms. The van der Waals surface area contributed by atoms with Crippen LogP contribution in [0.1, 0.15) is 19.3 Å². The number of imide groups is 1. The van der Waals surface area contributed by atoms with Crippen molar-refractivity contribution >= 4 is 12.0 Å². The Bertz CT molecular complexity index is 508. The molecule has 4 heteroatoms. The quantitative estimate of drug-likeness (QED) is 0.592. The number of nitrogens with zero attached hydrogens (tertiary/aromatic N) is 1. The summed E-state index contributed by atoms with van der Waals surface area (Å²) in [6.45, 7) is 4.44. The van der Waals surface area contributed by atoms with Crippen molar-refractivity contribution in [2.45, 2.75) is 19.3 Å². The van der Waals surface area contributed by atoms with E-state index in [-0.39, 0.29) is 11.8 Å². The lowest BCUT2D eigenvalue weighted by Crippen LogP contribution is -2.41. The number of hydrogen-bond acceptors (Lipinski definition) is 3. The molecule has 1 heterocycles. The normalized spacial score (nSPS) is 35.0. The zero-order chi connectivity index (χ0) is 14.8. The fourth-order valence-electron chi connectivity index (χ4n) is 3.92. The van der Waals surface area contributed by atoms with Gasteiger partial charge < -0.3 is 4.74 Å². The molecule has 2 amide bonds. The van der Waals surface area contributed by atoms with Crippen molar-refractivity contribution in [3.63, 3.8) is 0 Å². The van der Waals surface area contributed by atoms with E-state index in [9.17, 15) is 9.59 Å². The van der Waals surface area contributed by atoms with Gasteiger partial charge in [0.15, 0.2) is 0 Å². The van der Waals surface area contributed by atoms with Crippen molar-refractivity contribution in [1.82, 2.24) is 4.90 Å². The second kappa shape index (κ2) is 5.88. The molecule has 1 saturated heterocycles. The highest BCUT2D eigenvalue weighted by atomic mass is 16.6. The van der Waals surface area contributed by atoms with Gasteiger partial charge in [-0.1, -0.05) is 37.0 Å². The second-order valence-corrected chi connectivity index (χ2v) is 5.98. The SMILES string of the molecule is C=C/C=C/[C@H]1CC[C@@H]2[C@@H]1C=CC[C@H]2C(=O)N1CCOC1=O. The molecule has 0 N–H and O–H groups in total. The maximum Gasteiger partial charge on any atom is 0.416 e. The number of fused-ring (bicyclic) bond motifs is 1. The van der Waals surface area contributed by atoms with Gasteiger partial charge >= 0.3 is 6.09 Å². The first-order chi connectivity index (χ1) is 10.2. The van der Waals surface area contributed by atoms with Gasteiger partial charge in [0.2, 0.25) is 5.91 Å². The number of amides is 2. The van der Waals surface area contributed by atoms with Gasteiger partial charge in [-0.2, -0.15) is 0 Å². The van der Waals surface area contributed by atoms with Crippen molar-refractivity contribution in [2.24, 2.45) is 23.7 Å².